The molecular formula is C20H24FN3O2. The third-order valence-electron chi connectivity index (χ3n) is 4.24. The van der Waals surface area contributed by atoms with Crippen molar-refractivity contribution in [2.45, 2.75) is 20.0 Å². The van der Waals surface area contributed by atoms with Crippen LogP contribution in [-0.4, -0.2) is 43.2 Å². The van der Waals surface area contributed by atoms with Crippen LogP contribution in [0.15, 0.2) is 48.5 Å². The number of carbonyl (C=O) groups excluding carboxylic acids is 1. The van der Waals surface area contributed by atoms with E-state index in [1.54, 1.807) is 17.0 Å². The summed E-state index contributed by atoms with van der Waals surface area (Å²) in [4.78, 5) is 16.4. The molecule has 0 spiro atoms. The molecule has 5 nitrogen and oxygen atoms in total. The van der Waals surface area contributed by atoms with Crippen LogP contribution in [0.3, 0.4) is 0 Å². The van der Waals surface area contributed by atoms with Gasteiger partial charge < -0.3 is 19.9 Å². The van der Waals surface area contributed by atoms with Gasteiger partial charge in [0.1, 0.15) is 11.6 Å². The van der Waals surface area contributed by atoms with Crippen molar-refractivity contribution in [1.29, 1.82) is 0 Å². The van der Waals surface area contributed by atoms with Gasteiger partial charge in [0.05, 0.1) is 6.10 Å². The number of piperazine rings is 1. The van der Waals surface area contributed by atoms with Crippen LogP contribution in [-0.2, 0) is 0 Å². The number of anilines is 2. The molecule has 0 saturated carbocycles. The van der Waals surface area contributed by atoms with Gasteiger partial charge in [0.2, 0.25) is 0 Å². The summed E-state index contributed by atoms with van der Waals surface area (Å²) in [5.41, 5.74) is 1.72. The number of hydrogen-bond acceptors (Lipinski definition) is 3. The molecule has 0 unspecified atom stereocenters. The molecule has 26 heavy (non-hydrogen) atoms. The topological polar surface area (TPSA) is 44.8 Å². The summed E-state index contributed by atoms with van der Waals surface area (Å²) in [6, 6.07) is 13.7. The number of carbonyl (C=O) groups is 1. The lowest BCUT2D eigenvalue weighted by molar-refractivity contribution is 0.208. The van der Waals surface area contributed by atoms with Crippen LogP contribution in [0.1, 0.15) is 13.8 Å². The van der Waals surface area contributed by atoms with Crippen molar-refractivity contribution in [2.24, 2.45) is 0 Å². The fourth-order valence-electron chi connectivity index (χ4n) is 2.91. The van der Waals surface area contributed by atoms with E-state index in [1.165, 1.54) is 12.1 Å². The Morgan fingerprint density at radius 3 is 2.19 bits per heavy atom. The first-order valence-corrected chi connectivity index (χ1v) is 8.84. The van der Waals surface area contributed by atoms with Crippen molar-refractivity contribution in [1.82, 2.24) is 4.90 Å². The highest BCUT2D eigenvalue weighted by atomic mass is 19.1. The molecule has 0 aliphatic carbocycles. The van der Waals surface area contributed by atoms with Crippen LogP contribution >= 0.6 is 0 Å². The van der Waals surface area contributed by atoms with Crippen molar-refractivity contribution < 1.29 is 13.9 Å². The summed E-state index contributed by atoms with van der Waals surface area (Å²) in [5.74, 6) is 0.544. The molecule has 0 atom stereocenters. The lowest BCUT2D eigenvalue weighted by atomic mass is 10.2. The lowest BCUT2D eigenvalue weighted by Gasteiger charge is -2.36. The minimum absolute atomic E-state index is 0.156. The number of urea groups is 1. The van der Waals surface area contributed by atoms with Crippen molar-refractivity contribution >= 4 is 17.4 Å². The molecule has 2 amide bonds. The fraction of sp³-hybridized carbons (Fsp3) is 0.350. The minimum atomic E-state index is -0.318. The number of nitrogens with one attached hydrogen (secondary N) is 1. The summed E-state index contributed by atoms with van der Waals surface area (Å²) in [6.07, 6.45) is 0.156. The molecule has 1 aliphatic heterocycles. The first kappa shape index (κ1) is 18.0. The van der Waals surface area contributed by atoms with Gasteiger partial charge in [-0.25, -0.2) is 9.18 Å². The van der Waals surface area contributed by atoms with Crippen LogP contribution in [0, 0.1) is 5.82 Å². The SMILES string of the molecule is CC(C)Oc1ccc(N2CCN(C(=O)Nc3ccc(F)cc3)CC2)cc1. The van der Waals surface area contributed by atoms with Gasteiger partial charge in [-0.05, 0) is 62.4 Å². The van der Waals surface area contributed by atoms with Crippen LogP contribution in [0.4, 0.5) is 20.6 Å². The number of amides is 2. The van der Waals surface area contributed by atoms with Gasteiger partial charge in [0.15, 0.2) is 0 Å². The van der Waals surface area contributed by atoms with Crippen molar-refractivity contribution in [2.75, 3.05) is 36.4 Å². The van der Waals surface area contributed by atoms with E-state index in [2.05, 4.69) is 10.2 Å². The van der Waals surface area contributed by atoms with Gasteiger partial charge >= 0.3 is 6.03 Å². The van der Waals surface area contributed by atoms with Crippen LogP contribution < -0.4 is 15.0 Å². The van der Waals surface area contributed by atoms with Crippen molar-refractivity contribution in [3.8, 4) is 5.75 Å². The molecule has 1 heterocycles. The van der Waals surface area contributed by atoms with E-state index in [-0.39, 0.29) is 18.0 Å². The smallest absolute Gasteiger partial charge is 0.321 e. The zero-order valence-corrected chi connectivity index (χ0v) is 15.1. The van der Waals surface area contributed by atoms with Crippen molar-refractivity contribution in [3.63, 3.8) is 0 Å². The standard InChI is InChI=1S/C20H24FN3O2/c1-15(2)26-19-9-7-18(8-10-19)23-11-13-24(14-12-23)20(25)22-17-5-3-16(21)4-6-17/h3-10,15H,11-14H2,1-2H3,(H,22,25). The van der Waals surface area contributed by atoms with Crippen LogP contribution in [0.5, 0.6) is 5.75 Å². The molecule has 1 saturated heterocycles. The minimum Gasteiger partial charge on any atom is -0.491 e. The number of ether oxygens (including phenoxy) is 1. The molecule has 0 bridgehead atoms. The molecule has 1 aliphatic rings. The molecule has 6 heteroatoms. The third kappa shape index (κ3) is 4.65. The summed E-state index contributed by atoms with van der Waals surface area (Å²) in [5, 5.41) is 2.80. The maximum atomic E-state index is 12.9. The maximum absolute atomic E-state index is 12.9. The molecule has 1 fully saturated rings. The summed E-state index contributed by atoms with van der Waals surface area (Å²) in [7, 11) is 0. The highest BCUT2D eigenvalue weighted by Crippen LogP contribution is 2.21. The van der Waals surface area contributed by atoms with Crippen molar-refractivity contribution in [3.05, 3.63) is 54.3 Å². The second kappa shape index (κ2) is 8.08. The van der Waals surface area contributed by atoms with Crippen LogP contribution in [0.2, 0.25) is 0 Å². The van der Waals surface area contributed by atoms with E-state index in [1.807, 2.05) is 38.1 Å². The Kier molecular flexibility index (Phi) is 5.61. The molecule has 0 aromatic heterocycles. The van der Waals surface area contributed by atoms with E-state index in [0.29, 0.717) is 18.8 Å². The predicted molar refractivity (Wildman–Crippen MR) is 101 cm³/mol. The Morgan fingerprint density at radius 1 is 1.00 bits per heavy atom. The van der Waals surface area contributed by atoms with Gasteiger partial charge in [-0.15, -0.1) is 0 Å². The van der Waals surface area contributed by atoms with E-state index in [9.17, 15) is 9.18 Å². The summed E-state index contributed by atoms with van der Waals surface area (Å²) in [6.45, 7) is 6.81. The largest absolute Gasteiger partial charge is 0.491 e. The Morgan fingerprint density at radius 2 is 1.62 bits per heavy atom. The molecule has 138 valence electrons. The van der Waals surface area contributed by atoms with E-state index in [4.69, 9.17) is 4.74 Å². The second-order valence-electron chi connectivity index (χ2n) is 6.57. The fourth-order valence-corrected chi connectivity index (χ4v) is 2.91. The van der Waals surface area contributed by atoms with Crippen LogP contribution in [0.25, 0.3) is 0 Å². The zero-order chi connectivity index (χ0) is 18.5. The number of hydrogen-bond donors (Lipinski definition) is 1. The number of nitrogens with zero attached hydrogens (tertiary/aromatic N) is 2. The monoisotopic (exact) mass is 357 g/mol. The lowest BCUT2D eigenvalue weighted by Crippen LogP contribution is -2.50. The predicted octanol–water partition coefficient (Wildman–Crippen LogP) is 3.97. The third-order valence-corrected chi connectivity index (χ3v) is 4.24. The molecule has 1 N–H and O–H groups in total. The molecule has 2 aromatic rings. The van der Waals surface area contributed by atoms with E-state index in [0.717, 1.165) is 24.5 Å². The maximum Gasteiger partial charge on any atom is 0.321 e. The Hall–Kier alpha value is -2.76. The molecular weight excluding hydrogens is 333 g/mol. The average Bonchev–Trinajstić information content (AvgIpc) is 2.64. The van der Waals surface area contributed by atoms with Gasteiger partial charge in [-0.2, -0.15) is 0 Å². The highest BCUT2D eigenvalue weighted by Gasteiger charge is 2.21. The van der Waals surface area contributed by atoms with Gasteiger partial charge in [-0.3, -0.25) is 0 Å². The highest BCUT2D eigenvalue weighted by molar-refractivity contribution is 5.89. The molecule has 2 aromatic carbocycles. The average molecular weight is 357 g/mol. The van der Waals surface area contributed by atoms with E-state index >= 15 is 0 Å². The Bertz CT molecular complexity index is 724. The Balaban J connectivity index is 1.52. The van der Waals surface area contributed by atoms with E-state index < -0.39 is 0 Å². The van der Waals surface area contributed by atoms with Gasteiger partial charge in [0.25, 0.3) is 0 Å². The quantitative estimate of drug-likeness (QED) is 0.901. The second-order valence-corrected chi connectivity index (χ2v) is 6.57. The summed E-state index contributed by atoms with van der Waals surface area (Å²) >= 11 is 0. The van der Waals surface area contributed by atoms with Gasteiger partial charge in [-0.1, -0.05) is 0 Å². The number of rotatable bonds is 4. The molecule has 3 rings (SSSR count). The zero-order valence-electron chi connectivity index (χ0n) is 15.1. The number of benzene rings is 2. The normalized spacial score (nSPS) is 14.5. The first-order chi connectivity index (χ1) is 12.5. The van der Waals surface area contributed by atoms with Gasteiger partial charge in [0, 0.05) is 37.6 Å². The molecule has 0 radical (unpaired) electrons. The first-order valence-electron chi connectivity index (χ1n) is 8.84. The Labute approximate surface area is 153 Å². The summed E-state index contributed by atoms with van der Waals surface area (Å²) < 4.78 is 18.6. The number of halogens is 1.